The molecule has 2 aromatic rings. The number of allylic oxidation sites excluding steroid dienone is 1. The number of furan rings is 1. The summed E-state index contributed by atoms with van der Waals surface area (Å²) in [5.41, 5.74) is 3.13. The second-order valence-electron chi connectivity index (χ2n) is 5.37. The van der Waals surface area contributed by atoms with Gasteiger partial charge in [0.15, 0.2) is 0 Å². The summed E-state index contributed by atoms with van der Waals surface area (Å²) < 4.78 is 5.10. The maximum atomic E-state index is 5.10. The van der Waals surface area contributed by atoms with Crippen molar-refractivity contribution in [1.82, 2.24) is 0 Å². The van der Waals surface area contributed by atoms with Gasteiger partial charge in [-0.2, -0.15) is 0 Å². The minimum absolute atomic E-state index is 0.543. The van der Waals surface area contributed by atoms with E-state index in [4.69, 9.17) is 4.42 Å². The van der Waals surface area contributed by atoms with Gasteiger partial charge >= 0.3 is 0 Å². The molecule has 3 rings (SSSR count). The van der Waals surface area contributed by atoms with Crippen LogP contribution < -0.4 is 0 Å². The Labute approximate surface area is 121 Å². The molecule has 1 aromatic heterocycles. The normalized spacial score (nSPS) is 15.5. The zero-order valence-corrected chi connectivity index (χ0v) is 12.3. The highest BCUT2D eigenvalue weighted by Crippen LogP contribution is 2.47. The van der Waals surface area contributed by atoms with Gasteiger partial charge in [0.2, 0.25) is 0 Å². The highest BCUT2D eigenvalue weighted by molar-refractivity contribution is 5.59. The molecule has 1 nitrogen and oxygen atoms in total. The number of hydrogen-bond donors (Lipinski definition) is 0. The molecule has 0 N–H and O–H groups in total. The molecule has 0 radical (unpaired) electrons. The first-order valence-electron chi connectivity index (χ1n) is 7.08. The van der Waals surface area contributed by atoms with Crippen molar-refractivity contribution in [2.45, 2.75) is 32.1 Å². The van der Waals surface area contributed by atoms with Crippen LogP contribution in [0.1, 0.15) is 43.6 Å². The second kappa shape index (κ2) is 6.42. The molecular weight excluding hydrogens is 244 g/mol. The highest BCUT2D eigenvalue weighted by Gasteiger charge is 2.38. The number of rotatable bonds is 3. The lowest BCUT2D eigenvalue weighted by atomic mass is 9.99. The molecule has 0 aliphatic heterocycles. The van der Waals surface area contributed by atoms with E-state index in [1.807, 2.05) is 25.1 Å². The summed E-state index contributed by atoms with van der Waals surface area (Å²) >= 11 is 0. The molecule has 0 atom stereocenters. The van der Waals surface area contributed by atoms with Gasteiger partial charge in [-0.3, -0.25) is 0 Å². The van der Waals surface area contributed by atoms with E-state index in [1.54, 1.807) is 12.3 Å². The summed E-state index contributed by atoms with van der Waals surface area (Å²) in [6.45, 7) is 7.93. The fraction of sp³-hybridized carbons (Fsp3) is 0.263. The predicted molar refractivity (Wildman–Crippen MR) is 86.5 cm³/mol. The monoisotopic (exact) mass is 266 g/mol. The summed E-state index contributed by atoms with van der Waals surface area (Å²) in [5, 5.41) is 0. The molecular formula is C19H22O. The third-order valence-electron chi connectivity index (χ3n) is 3.73. The van der Waals surface area contributed by atoms with E-state index in [0.717, 1.165) is 11.3 Å². The third-order valence-corrected chi connectivity index (χ3v) is 3.73. The van der Waals surface area contributed by atoms with Crippen LogP contribution in [-0.4, -0.2) is 0 Å². The molecule has 0 saturated heterocycles. The van der Waals surface area contributed by atoms with Crippen molar-refractivity contribution in [3.8, 4) is 0 Å². The van der Waals surface area contributed by atoms with Crippen molar-refractivity contribution in [3.05, 3.63) is 72.2 Å². The van der Waals surface area contributed by atoms with Crippen LogP contribution >= 0.6 is 0 Å². The maximum absolute atomic E-state index is 5.10. The molecule has 1 saturated carbocycles. The molecule has 0 bridgehead atoms. The van der Waals surface area contributed by atoms with Crippen LogP contribution in [-0.2, 0) is 5.41 Å². The van der Waals surface area contributed by atoms with Gasteiger partial charge in [-0.1, -0.05) is 56.0 Å². The van der Waals surface area contributed by atoms with Gasteiger partial charge in [0.25, 0.3) is 0 Å². The Morgan fingerprint density at radius 2 is 1.85 bits per heavy atom. The lowest BCUT2D eigenvalue weighted by Gasteiger charge is -2.06. The molecule has 1 fully saturated rings. The maximum Gasteiger partial charge on any atom is 0.133 e. The first kappa shape index (κ1) is 14.4. The average molecular weight is 266 g/mol. The zero-order valence-electron chi connectivity index (χ0n) is 12.3. The van der Waals surface area contributed by atoms with Gasteiger partial charge in [-0.15, -0.1) is 0 Å². The van der Waals surface area contributed by atoms with Crippen molar-refractivity contribution in [1.29, 1.82) is 0 Å². The van der Waals surface area contributed by atoms with E-state index >= 15 is 0 Å². The summed E-state index contributed by atoms with van der Waals surface area (Å²) in [6.07, 6.45) is 10.1. The van der Waals surface area contributed by atoms with Gasteiger partial charge in [0.1, 0.15) is 5.76 Å². The molecule has 20 heavy (non-hydrogen) atoms. The van der Waals surface area contributed by atoms with Crippen molar-refractivity contribution >= 4 is 12.2 Å². The second-order valence-corrected chi connectivity index (χ2v) is 5.37. The van der Waals surface area contributed by atoms with Crippen molar-refractivity contribution in [2.24, 2.45) is 0 Å². The van der Waals surface area contributed by atoms with Gasteiger partial charge in [0, 0.05) is 5.56 Å². The quantitative estimate of drug-likeness (QED) is 0.695. The molecule has 1 aliphatic carbocycles. The summed E-state index contributed by atoms with van der Waals surface area (Å²) in [5.74, 6) is 0.832. The van der Waals surface area contributed by atoms with Crippen molar-refractivity contribution in [2.75, 3.05) is 0 Å². The van der Waals surface area contributed by atoms with E-state index in [0.29, 0.717) is 5.41 Å². The van der Waals surface area contributed by atoms with Crippen molar-refractivity contribution < 1.29 is 4.42 Å². The van der Waals surface area contributed by atoms with Crippen LogP contribution in [0.5, 0.6) is 0 Å². The SMILES string of the molecule is C=Cc1occc1/C=C\C.CC1(c2ccccc2)CC1. The number of hydrogen-bond acceptors (Lipinski definition) is 1. The first-order valence-corrected chi connectivity index (χ1v) is 7.08. The average Bonchev–Trinajstić information content (AvgIpc) is 3.08. The Kier molecular flexibility index (Phi) is 4.62. The van der Waals surface area contributed by atoms with Gasteiger partial charge in [0.05, 0.1) is 6.26 Å². The molecule has 0 spiro atoms. The van der Waals surface area contributed by atoms with E-state index < -0.39 is 0 Å². The smallest absolute Gasteiger partial charge is 0.133 e. The fourth-order valence-electron chi connectivity index (χ4n) is 2.13. The Morgan fingerprint density at radius 3 is 2.40 bits per heavy atom. The van der Waals surface area contributed by atoms with E-state index in [9.17, 15) is 0 Å². The summed E-state index contributed by atoms with van der Waals surface area (Å²) in [6, 6.07) is 12.7. The topological polar surface area (TPSA) is 13.1 Å². The van der Waals surface area contributed by atoms with E-state index in [1.165, 1.54) is 18.4 Å². The standard InChI is InChI=1S/C10H12.C9H10O/c1-10(7-8-10)9-5-3-2-4-6-9;1-3-5-8-6-7-10-9(8)4-2/h2-6H,7-8H2,1H3;3-7H,2H2,1H3/b;5-3-. The molecule has 0 unspecified atom stereocenters. The Bertz CT molecular complexity index is 571. The lowest BCUT2D eigenvalue weighted by Crippen LogP contribution is -1.97. The van der Waals surface area contributed by atoms with Crippen LogP contribution in [0, 0.1) is 0 Å². The largest absolute Gasteiger partial charge is 0.464 e. The Balaban J connectivity index is 0.000000147. The summed E-state index contributed by atoms with van der Waals surface area (Å²) in [7, 11) is 0. The van der Waals surface area contributed by atoms with E-state index in [-0.39, 0.29) is 0 Å². The van der Waals surface area contributed by atoms with Crippen LogP contribution in [0.15, 0.2) is 59.7 Å². The fourth-order valence-corrected chi connectivity index (χ4v) is 2.13. The predicted octanol–water partition coefficient (Wildman–Crippen LogP) is 5.69. The minimum Gasteiger partial charge on any atom is -0.464 e. The van der Waals surface area contributed by atoms with E-state index in [2.05, 4.69) is 43.8 Å². The van der Waals surface area contributed by atoms with Crippen LogP contribution in [0.3, 0.4) is 0 Å². The Morgan fingerprint density at radius 1 is 1.15 bits per heavy atom. The van der Waals surface area contributed by atoms with Gasteiger partial charge < -0.3 is 4.42 Å². The highest BCUT2D eigenvalue weighted by atomic mass is 16.3. The van der Waals surface area contributed by atoms with Gasteiger partial charge in [-0.05, 0) is 42.9 Å². The molecule has 1 aliphatic rings. The van der Waals surface area contributed by atoms with Crippen LogP contribution in [0.25, 0.3) is 12.2 Å². The lowest BCUT2D eigenvalue weighted by molar-refractivity contribution is 0.556. The first-order chi connectivity index (χ1) is 9.69. The van der Waals surface area contributed by atoms with Crippen LogP contribution in [0.2, 0.25) is 0 Å². The molecule has 1 heteroatoms. The van der Waals surface area contributed by atoms with Crippen molar-refractivity contribution in [3.63, 3.8) is 0 Å². The molecule has 1 aromatic carbocycles. The molecule has 104 valence electrons. The summed E-state index contributed by atoms with van der Waals surface area (Å²) in [4.78, 5) is 0. The zero-order chi connectivity index (χ0) is 14.4. The van der Waals surface area contributed by atoms with Crippen LogP contribution in [0.4, 0.5) is 0 Å². The molecule has 0 amide bonds. The third kappa shape index (κ3) is 3.51. The number of benzene rings is 1. The molecule has 1 heterocycles. The van der Waals surface area contributed by atoms with Gasteiger partial charge in [-0.25, -0.2) is 0 Å². The Hall–Kier alpha value is -2.02. The minimum atomic E-state index is 0.543.